The third kappa shape index (κ3) is 4.81. The number of ether oxygens (including phenoxy) is 1. The van der Waals surface area contributed by atoms with E-state index in [0.717, 1.165) is 6.42 Å². The third-order valence-electron chi connectivity index (χ3n) is 3.68. The predicted octanol–water partition coefficient (Wildman–Crippen LogP) is 3.32. The van der Waals surface area contributed by atoms with Crippen molar-refractivity contribution < 1.29 is 14.6 Å². The SMILES string of the molecule is CC[C@@](C)(C(=O)OC)[C@H](O)C[C@H](C)CC=C(C)C. The largest absolute Gasteiger partial charge is 0.469 e. The van der Waals surface area contributed by atoms with E-state index in [4.69, 9.17) is 4.74 Å². The van der Waals surface area contributed by atoms with Crippen LogP contribution in [0.4, 0.5) is 0 Å². The number of esters is 1. The molecule has 0 aliphatic carbocycles. The van der Waals surface area contributed by atoms with Crippen LogP contribution < -0.4 is 0 Å². The molecule has 0 radical (unpaired) electrons. The first-order chi connectivity index (χ1) is 8.27. The lowest BCUT2D eigenvalue weighted by atomic mass is 9.77. The fourth-order valence-corrected chi connectivity index (χ4v) is 1.92. The van der Waals surface area contributed by atoms with Crippen molar-refractivity contribution in [2.24, 2.45) is 11.3 Å². The Kier molecular flexibility index (Phi) is 7.22. The predicted molar refractivity (Wildman–Crippen MR) is 74.2 cm³/mol. The molecule has 0 aromatic heterocycles. The van der Waals surface area contributed by atoms with E-state index >= 15 is 0 Å². The summed E-state index contributed by atoms with van der Waals surface area (Å²) in [5, 5.41) is 10.3. The minimum absolute atomic E-state index is 0.327. The Hall–Kier alpha value is -0.830. The maximum Gasteiger partial charge on any atom is 0.314 e. The molecule has 0 saturated carbocycles. The van der Waals surface area contributed by atoms with Gasteiger partial charge in [-0.2, -0.15) is 0 Å². The van der Waals surface area contributed by atoms with Crippen LogP contribution in [0.25, 0.3) is 0 Å². The Bertz CT molecular complexity index is 292. The molecule has 0 fully saturated rings. The number of aliphatic hydroxyl groups excluding tert-OH is 1. The molecule has 0 bridgehead atoms. The van der Waals surface area contributed by atoms with E-state index in [0.29, 0.717) is 18.8 Å². The minimum Gasteiger partial charge on any atom is -0.469 e. The fraction of sp³-hybridized carbons (Fsp3) is 0.800. The van der Waals surface area contributed by atoms with Crippen LogP contribution in [-0.2, 0) is 9.53 Å². The highest BCUT2D eigenvalue weighted by Crippen LogP contribution is 2.32. The lowest BCUT2D eigenvalue weighted by molar-refractivity contribution is -0.160. The normalized spacial score (nSPS) is 17.5. The van der Waals surface area contributed by atoms with E-state index in [-0.39, 0.29) is 5.97 Å². The molecule has 1 N–H and O–H groups in total. The zero-order chi connectivity index (χ0) is 14.3. The number of carbonyl (C=O) groups excluding carboxylic acids is 1. The Morgan fingerprint density at radius 2 is 2.00 bits per heavy atom. The topological polar surface area (TPSA) is 46.5 Å². The van der Waals surface area contributed by atoms with Crippen molar-refractivity contribution in [2.45, 2.75) is 60.0 Å². The van der Waals surface area contributed by atoms with Crippen LogP contribution in [0.3, 0.4) is 0 Å². The monoisotopic (exact) mass is 256 g/mol. The maximum absolute atomic E-state index is 11.8. The lowest BCUT2D eigenvalue weighted by Crippen LogP contribution is -2.41. The van der Waals surface area contributed by atoms with Gasteiger partial charge < -0.3 is 9.84 Å². The van der Waals surface area contributed by atoms with Gasteiger partial charge in [-0.3, -0.25) is 4.79 Å². The number of rotatable bonds is 7. The van der Waals surface area contributed by atoms with Gasteiger partial charge in [0.2, 0.25) is 0 Å². The molecule has 106 valence electrons. The van der Waals surface area contributed by atoms with Crippen LogP contribution in [-0.4, -0.2) is 24.3 Å². The van der Waals surface area contributed by atoms with Gasteiger partial charge in [0.15, 0.2) is 0 Å². The molecular formula is C15H28O3. The summed E-state index contributed by atoms with van der Waals surface area (Å²) in [6.45, 7) is 9.90. The molecule has 0 unspecified atom stereocenters. The molecule has 3 nitrogen and oxygen atoms in total. The average molecular weight is 256 g/mol. The Morgan fingerprint density at radius 3 is 2.39 bits per heavy atom. The second kappa shape index (κ2) is 7.57. The summed E-state index contributed by atoms with van der Waals surface area (Å²) < 4.78 is 4.80. The number of hydrogen-bond donors (Lipinski definition) is 1. The molecule has 0 aliphatic heterocycles. The molecule has 3 atom stereocenters. The van der Waals surface area contributed by atoms with Crippen molar-refractivity contribution in [1.82, 2.24) is 0 Å². The zero-order valence-corrected chi connectivity index (χ0v) is 12.6. The van der Waals surface area contributed by atoms with Crippen LogP contribution in [0.2, 0.25) is 0 Å². The van der Waals surface area contributed by atoms with Crippen LogP contribution in [0.1, 0.15) is 53.9 Å². The van der Waals surface area contributed by atoms with E-state index in [9.17, 15) is 9.90 Å². The highest BCUT2D eigenvalue weighted by Gasteiger charge is 2.40. The first-order valence-electron chi connectivity index (χ1n) is 6.67. The van der Waals surface area contributed by atoms with Crippen molar-refractivity contribution in [3.05, 3.63) is 11.6 Å². The van der Waals surface area contributed by atoms with E-state index in [1.54, 1.807) is 6.92 Å². The summed E-state index contributed by atoms with van der Waals surface area (Å²) >= 11 is 0. The molecule has 18 heavy (non-hydrogen) atoms. The van der Waals surface area contributed by atoms with Gasteiger partial charge in [-0.05, 0) is 46.0 Å². The van der Waals surface area contributed by atoms with Crippen LogP contribution >= 0.6 is 0 Å². The van der Waals surface area contributed by atoms with Crippen molar-refractivity contribution in [3.8, 4) is 0 Å². The number of aliphatic hydroxyl groups is 1. The third-order valence-corrected chi connectivity index (χ3v) is 3.68. The minimum atomic E-state index is -0.798. The standard InChI is InChI=1S/C15H28O3/c1-7-15(5,14(17)18-6)13(16)10-12(4)9-8-11(2)3/h8,12-13,16H,7,9-10H2,1-6H3/t12-,13-,15-/m1/s1. The Balaban J connectivity index is 4.57. The van der Waals surface area contributed by atoms with Crippen molar-refractivity contribution >= 4 is 5.97 Å². The van der Waals surface area contributed by atoms with Crippen LogP contribution in [0.5, 0.6) is 0 Å². The van der Waals surface area contributed by atoms with Crippen LogP contribution in [0.15, 0.2) is 11.6 Å². The molecule has 0 aliphatic rings. The summed E-state index contributed by atoms with van der Waals surface area (Å²) in [4.78, 5) is 11.8. The van der Waals surface area contributed by atoms with E-state index in [2.05, 4.69) is 26.8 Å². The Labute approximate surface area is 111 Å². The fourth-order valence-electron chi connectivity index (χ4n) is 1.92. The lowest BCUT2D eigenvalue weighted by Gasteiger charge is -2.32. The summed E-state index contributed by atoms with van der Waals surface area (Å²) in [6, 6.07) is 0. The van der Waals surface area contributed by atoms with Crippen molar-refractivity contribution in [3.63, 3.8) is 0 Å². The van der Waals surface area contributed by atoms with Gasteiger partial charge in [-0.15, -0.1) is 0 Å². The second-order valence-electron chi connectivity index (χ2n) is 5.64. The van der Waals surface area contributed by atoms with Gasteiger partial charge >= 0.3 is 5.97 Å². The van der Waals surface area contributed by atoms with Gasteiger partial charge in [0, 0.05) is 0 Å². The number of hydrogen-bond acceptors (Lipinski definition) is 3. The van der Waals surface area contributed by atoms with E-state index in [1.807, 2.05) is 6.92 Å². The summed E-state index contributed by atoms with van der Waals surface area (Å²) in [5.41, 5.74) is 0.483. The molecule has 0 aromatic carbocycles. The molecule has 0 amide bonds. The first-order valence-corrected chi connectivity index (χ1v) is 6.67. The van der Waals surface area contributed by atoms with Crippen molar-refractivity contribution in [1.29, 1.82) is 0 Å². The van der Waals surface area contributed by atoms with E-state index in [1.165, 1.54) is 12.7 Å². The summed E-state index contributed by atoms with van der Waals surface area (Å²) in [7, 11) is 1.37. The highest BCUT2D eigenvalue weighted by atomic mass is 16.5. The van der Waals surface area contributed by atoms with Gasteiger partial charge in [0.25, 0.3) is 0 Å². The average Bonchev–Trinajstić information content (AvgIpc) is 2.33. The number of allylic oxidation sites excluding steroid dienone is 2. The summed E-state index contributed by atoms with van der Waals surface area (Å²) in [6.07, 6.45) is 3.63. The zero-order valence-electron chi connectivity index (χ0n) is 12.6. The maximum atomic E-state index is 11.8. The molecule has 0 saturated heterocycles. The quantitative estimate of drug-likeness (QED) is 0.561. The summed E-state index contributed by atoms with van der Waals surface area (Å²) in [5.74, 6) is 0.0253. The second-order valence-corrected chi connectivity index (χ2v) is 5.64. The number of carbonyl (C=O) groups is 1. The first kappa shape index (κ1) is 17.2. The molecule has 3 heteroatoms. The Morgan fingerprint density at radius 1 is 1.44 bits per heavy atom. The van der Waals surface area contributed by atoms with Gasteiger partial charge in [0.05, 0.1) is 18.6 Å². The molecule has 0 aromatic rings. The van der Waals surface area contributed by atoms with Gasteiger partial charge in [-0.1, -0.05) is 25.5 Å². The van der Waals surface area contributed by atoms with E-state index < -0.39 is 11.5 Å². The van der Waals surface area contributed by atoms with Gasteiger partial charge in [-0.25, -0.2) is 0 Å². The molecule has 0 heterocycles. The molecular weight excluding hydrogens is 228 g/mol. The van der Waals surface area contributed by atoms with Crippen molar-refractivity contribution in [2.75, 3.05) is 7.11 Å². The highest BCUT2D eigenvalue weighted by molar-refractivity contribution is 5.76. The molecule has 0 spiro atoms. The number of methoxy groups -OCH3 is 1. The smallest absolute Gasteiger partial charge is 0.314 e. The van der Waals surface area contributed by atoms with Gasteiger partial charge in [0.1, 0.15) is 0 Å². The van der Waals surface area contributed by atoms with Crippen LogP contribution in [0, 0.1) is 11.3 Å². The molecule has 0 rings (SSSR count).